The van der Waals surface area contributed by atoms with Crippen LogP contribution in [-0.4, -0.2) is 23.9 Å². The molecule has 1 rings (SSSR count). The predicted molar refractivity (Wildman–Crippen MR) is 36.0 cm³/mol. The zero-order valence-corrected chi connectivity index (χ0v) is 5.42. The van der Waals surface area contributed by atoms with Crippen molar-refractivity contribution in [3.05, 3.63) is 12.7 Å². The van der Waals surface area contributed by atoms with Gasteiger partial charge in [-0.05, 0) is 12.8 Å². The third-order valence-electron chi connectivity index (χ3n) is 1.75. The largest absolute Gasteiger partial charge is 0.339 e. The van der Waals surface area contributed by atoms with Crippen molar-refractivity contribution >= 4 is 6.41 Å². The van der Waals surface area contributed by atoms with Gasteiger partial charge in [0.25, 0.3) is 0 Å². The Morgan fingerprint density at radius 1 is 1.67 bits per heavy atom. The third kappa shape index (κ3) is 1.12. The smallest absolute Gasteiger partial charge is 0.210 e. The van der Waals surface area contributed by atoms with Crippen LogP contribution >= 0.6 is 0 Å². The van der Waals surface area contributed by atoms with Crippen LogP contribution in [0.15, 0.2) is 12.7 Å². The highest BCUT2D eigenvalue weighted by Crippen LogP contribution is 2.14. The first-order chi connectivity index (χ1) is 4.38. The molecule has 1 heterocycles. The second-order valence-electron chi connectivity index (χ2n) is 2.29. The zero-order valence-electron chi connectivity index (χ0n) is 5.42. The highest BCUT2D eigenvalue weighted by Gasteiger charge is 2.18. The summed E-state index contributed by atoms with van der Waals surface area (Å²) in [5.41, 5.74) is 0. The van der Waals surface area contributed by atoms with Gasteiger partial charge >= 0.3 is 0 Å². The lowest BCUT2D eigenvalue weighted by molar-refractivity contribution is -0.118. The molecule has 1 atom stereocenters. The van der Waals surface area contributed by atoms with Crippen LogP contribution in [0.1, 0.15) is 12.8 Å². The summed E-state index contributed by atoms with van der Waals surface area (Å²) in [6.45, 7) is 4.54. The maximum atomic E-state index is 10.3. The fraction of sp³-hybridized carbons (Fsp3) is 0.571. The zero-order chi connectivity index (χ0) is 6.69. The molecule has 1 unspecified atom stereocenters. The van der Waals surface area contributed by atoms with Crippen LogP contribution in [-0.2, 0) is 4.79 Å². The lowest BCUT2D eigenvalue weighted by atomic mass is 10.2. The van der Waals surface area contributed by atoms with Gasteiger partial charge in [-0.2, -0.15) is 0 Å². The predicted octanol–water partition coefficient (Wildman–Crippen LogP) is 0.793. The van der Waals surface area contributed by atoms with Gasteiger partial charge in [0.2, 0.25) is 6.41 Å². The molecule has 0 aliphatic carbocycles. The summed E-state index contributed by atoms with van der Waals surface area (Å²) < 4.78 is 0. The average Bonchev–Trinajstić information content (AvgIpc) is 2.33. The van der Waals surface area contributed by atoms with Crippen molar-refractivity contribution in [2.75, 3.05) is 6.54 Å². The van der Waals surface area contributed by atoms with Crippen molar-refractivity contribution in [3.8, 4) is 0 Å². The number of carbonyl (C=O) groups is 1. The van der Waals surface area contributed by atoms with E-state index in [9.17, 15) is 4.79 Å². The Labute approximate surface area is 55.2 Å². The SMILES string of the molecule is C=CC1CCCN1C=O. The number of likely N-dealkylation sites (tertiary alicyclic amines) is 1. The van der Waals surface area contributed by atoms with Crippen LogP contribution in [0.4, 0.5) is 0 Å². The summed E-state index contributed by atoms with van der Waals surface area (Å²) in [7, 11) is 0. The number of amides is 1. The molecule has 9 heavy (non-hydrogen) atoms. The minimum Gasteiger partial charge on any atom is -0.339 e. The maximum absolute atomic E-state index is 10.3. The second-order valence-corrected chi connectivity index (χ2v) is 2.29. The summed E-state index contributed by atoms with van der Waals surface area (Å²) in [6.07, 6.45) is 4.94. The van der Waals surface area contributed by atoms with E-state index in [1.165, 1.54) is 0 Å². The maximum Gasteiger partial charge on any atom is 0.210 e. The standard InChI is InChI=1S/C7H11NO/c1-2-7-4-3-5-8(7)6-9/h2,6-7H,1,3-5H2. The van der Waals surface area contributed by atoms with Crippen molar-refractivity contribution in [2.45, 2.75) is 18.9 Å². The summed E-state index contributed by atoms with van der Waals surface area (Å²) >= 11 is 0. The number of carbonyl (C=O) groups excluding carboxylic acids is 1. The Balaban J connectivity index is 2.50. The first kappa shape index (κ1) is 6.33. The molecule has 2 nitrogen and oxygen atoms in total. The van der Waals surface area contributed by atoms with Crippen LogP contribution in [0.25, 0.3) is 0 Å². The molecule has 1 aliphatic heterocycles. The van der Waals surface area contributed by atoms with Crippen LogP contribution < -0.4 is 0 Å². The Bertz CT molecular complexity index is 108. The molecule has 1 aliphatic rings. The van der Waals surface area contributed by atoms with Gasteiger partial charge in [0.05, 0.1) is 0 Å². The quantitative estimate of drug-likeness (QED) is 0.394. The summed E-state index contributed by atoms with van der Waals surface area (Å²) in [6, 6.07) is 0.308. The number of hydrogen-bond donors (Lipinski definition) is 0. The van der Waals surface area contributed by atoms with Crippen molar-refractivity contribution in [1.82, 2.24) is 4.90 Å². The van der Waals surface area contributed by atoms with Gasteiger partial charge in [-0.15, -0.1) is 6.58 Å². The van der Waals surface area contributed by atoms with Gasteiger partial charge in [-0.3, -0.25) is 4.79 Å². The first-order valence-electron chi connectivity index (χ1n) is 3.22. The molecule has 1 amide bonds. The molecule has 0 saturated carbocycles. The fourth-order valence-corrected chi connectivity index (χ4v) is 1.20. The Morgan fingerprint density at radius 2 is 2.44 bits per heavy atom. The van der Waals surface area contributed by atoms with E-state index in [4.69, 9.17) is 0 Å². The van der Waals surface area contributed by atoms with E-state index in [-0.39, 0.29) is 0 Å². The highest BCUT2D eigenvalue weighted by atomic mass is 16.1. The second kappa shape index (κ2) is 2.67. The van der Waals surface area contributed by atoms with Crippen LogP contribution in [0.2, 0.25) is 0 Å². The third-order valence-corrected chi connectivity index (χ3v) is 1.75. The highest BCUT2D eigenvalue weighted by molar-refractivity contribution is 5.49. The summed E-state index contributed by atoms with van der Waals surface area (Å²) in [4.78, 5) is 12.0. The van der Waals surface area contributed by atoms with Crippen molar-refractivity contribution < 1.29 is 4.79 Å². The molecule has 50 valence electrons. The Morgan fingerprint density at radius 3 is 2.89 bits per heavy atom. The van der Waals surface area contributed by atoms with Crippen molar-refractivity contribution in [2.24, 2.45) is 0 Å². The molecule has 0 aromatic heterocycles. The van der Waals surface area contributed by atoms with E-state index >= 15 is 0 Å². The van der Waals surface area contributed by atoms with Gasteiger partial charge in [0.1, 0.15) is 0 Å². The normalized spacial score (nSPS) is 26.2. The molecule has 2 heteroatoms. The van der Waals surface area contributed by atoms with E-state index in [2.05, 4.69) is 6.58 Å². The Kier molecular flexibility index (Phi) is 1.88. The van der Waals surface area contributed by atoms with Crippen molar-refractivity contribution in [3.63, 3.8) is 0 Å². The minimum atomic E-state index is 0.308. The first-order valence-corrected chi connectivity index (χ1v) is 3.22. The molecule has 0 aromatic rings. The monoisotopic (exact) mass is 125 g/mol. The minimum absolute atomic E-state index is 0.308. The van der Waals surface area contributed by atoms with E-state index in [1.807, 2.05) is 6.08 Å². The molecule has 0 spiro atoms. The molecule has 0 bridgehead atoms. The van der Waals surface area contributed by atoms with Crippen LogP contribution in [0, 0.1) is 0 Å². The molecular formula is C7H11NO. The van der Waals surface area contributed by atoms with Crippen molar-refractivity contribution in [1.29, 1.82) is 0 Å². The van der Waals surface area contributed by atoms with Crippen LogP contribution in [0.3, 0.4) is 0 Å². The summed E-state index contributed by atoms with van der Waals surface area (Å²) in [5.74, 6) is 0. The van der Waals surface area contributed by atoms with Gasteiger partial charge < -0.3 is 4.90 Å². The van der Waals surface area contributed by atoms with E-state index in [1.54, 1.807) is 4.90 Å². The van der Waals surface area contributed by atoms with Gasteiger partial charge in [-0.1, -0.05) is 6.08 Å². The molecular weight excluding hydrogens is 114 g/mol. The number of nitrogens with zero attached hydrogens (tertiary/aromatic N) is 1. The molecule has 0 aromatic carbocycles. The lowest BCUT2D eigenvalue weighted by Gasteiger charge is -2.14. The van der Waals surface area contributed by atoms with Gasteiger partial charge in [0.15, 0.2) is 0 Å². The van der Waals surface area contributed by atoms with E-state index in [0.29, 0.717) is 6.04 Å². The van der Waals surface area contributed by atoms with Gasteiger partial charge in [0, 0.05) is 12.6 Å². The van der Waals surface area contributed by atoms with Gasteiger partial charge in [-0.25, -0.2) is 0 Å². The fourth-order valence-electron chi connectivity index (χ4n) is 1.20. The van der Waals surface area contributed by atoms with Crippen LogP contribution in [0.5, 0.6) is 0 Å². The molecule has 0 N–H and O–H groups in total. The number of hydrogen-bond acceptors (Lipinski definition) is 1. The molecule has 1 saturated heterocycles. The molecule has 0 radical (unpaired) electrons. The van der Waals surface area contributed by atoms with E-state index in [0.717, 1.165) is 25.8 Å². The number of rotatable bonds is 2. The summed E-state index contributed by atoms with van der Waals surface area (Å²) in [5, 5.41) is 0. The Hall–Kier alpha value is -0.790. The topological polar surface area (TPSA) is 20.3 Å². The van der Waals surface area contributed by atoms with E-state index < -0.39 is 0 Å². The molecule has 1 fully saturated rings. The lowest BCUT2D eigenvalue weighted by Crippen LogP contribution is -2.25. The average molecular weight is 125 g/mol.